The fourth-order valence-corrected chi connectivity index (χ4v) is 3.61. The Kier molecular flexibility index (Phi) is 3.60. The molecule has 0 spiro atoms. The summed E-state index contributed by atoms with van der Waals surface area (Å²) >= 11 is 0. The van der Waals surface area contributed by atoms with Crippen molar-refractivity contribution in [1.82, 2.24) is 19.7 Å². The first-order valence-corrected chi connectivity index (χ1v) is 9.06. The third kappa shape index (κ3) is 2.83. The van der Waals surface area contributed by atoms with Gasteiger partial charge in [-0.3, -0.25) is 14.5 Å². The van der Waals surface area contributed by atoms with Gasteiger partial charge in [0.1, 0.15) is 17.2 Å². The molecule has 4 aromatic rings. The maximum atomic E-state index is 15.0. The van der Waals surface area contributed by atoms with Gasteiger partial charge in [-0.25, -0.2) is 13.2 Å². The minimum Gasteiger partial charge on any atom is -0.328 e. The molecule has 1 aliphatic rings. The molecule has 1 amide bonds. The molecule has 30 heavy (non-hydrogen) atoms. The summed E-state index contributed by atoms with van der Waals surface area (Å²) < 4.78 is 62.0. The van der Waals surface area contributed by atoms with Gasteiger partial charge in [-0.2, -0.15) is 5.10 Å². The molecule has 3 heterocycles. The second-order valence-corrected chi connectivity index (χ2v) is 6.98. The molecule has 2 aromatic heterocycles. The van der Waals surface area contributed by atoms with Crippen LogP contribution in [0.25, 0.3) is 22.0 Å². The average molecular weight is 410 g/mol. The van der Waals surface area contributed by atoms with E-state index < -0.39 is 42.0 Å². The predicted molar refractivity (Wildman–Crippen MR) is 104 cm³/mol. The first-order valence-electron chi connectivity index (χ1n) is 10.1. The third-order valence-electron chi connectivity index (χ3n) is 5.03. The Hall–Kier alpha value is -3.68. The summed E-state index contributed by atoms with van der Waals surface area (Å²) in [5, 5.41) is 4.43. The molecule has 0 saturated heterocycles. The molecule has 1 aliphatic heterocycles. The highest BCUT2D eigenvalue weighted by Crippen LogP contribution is 2.32. The lowest BCUT2D eigenvalue weighted by atomic mass is 9.99. The Bertz CT molecular complexity index is 1400. The zero-order valence-electron chi connectivity index (χ0n) is 17.7. The Morgan fingerprint density at radius 1 is 1.10 bits per heavy atom. The molecule has 8 heteroatoms. The molecule has 0 radical (unpaired) electrons. The number of carbonyl (C=O) groups excluding carboxylic acids is 1. The molecule has 5 nitrogen and oxygen atoms in total. The fraction of sp³-hybridized carbons (Fsp3) is 0.136. The summed E-state index contributed by atoms with van der Waals surface area (Å²) in [4.78, 5) is 17.3. The minimum atomic E-state index is -2.32. The van der Waals surface area contributed by atoms with Gasteiger partial charge in [-0.15, -0.1) is 0 Å². The molecule has 0 fully saturated rings. The second-order valence-electron chi connectivity index (χ2n) is 6.98. The Morgan fingerprint density at radius 2 is 1.87 bits per heavy atom. The SMILES string of the molecule is [2H]C1([2H])c2ncccc2C(=O)N1Cc1c(F)cc(-c2ccc(F)c3nn(C)cc23)cc1F. The average Bonchev–Trinajstić information content (AvgIpc) is 3.22. The van der Waals surface area contributed by atoms with Gasteiger partial charge in [0.25, 0.3) is 5.91 Å². The molecule has 0 N–H and O–H groups in total. The predicted octanol–water partition coefficient (Wildman–Crippen LogP) is 4.21. The molecule has 2 aromatic carbocycles. The van der Waals surface area contributed by atoms with Crippen LogP contribution in [0.5, 0.6) is 0 Å². The number of aryl methyl sites for hydroxylation is 1. The number of benzene rings is 2. The summed E-state index contributed by atoms with van der Waals surface area (Å²) in [7, 11) is 1.61. The van der Waals surface area contributed by atoms with Crippen molar-refractivity contribution < 1.29 is 20.7 Å². The number of pyridine rings is 1. The number of halogens is 3. The second kappa shape index (κ2) is 6.69. The van der Waals surface area contributed by atoms with Crippen molar-refractivity contribution in [2.45, 2.75) is 13.0 Å². The number of amides is 1. The number of nitrogens with zero attached hydrogens (tertiary/aromatic N) is 4. The Labute approximate surface area is 172 Å². The molecule has 0 atom stereocenters. The number of hydrogen-bond donors (Lipinski definition) is 0. The largest absolute Gasteiger partial charge is 0.328 e. The van der Waals surface area contributed by atoms with E-state index in [0.29, 0.717) is 10.9 Å². The summed E-state index contributed by atoms with van der Waals surface area (Å²) in [6, 6.07) is 7.67. The zero-order chi connectivity index (χ0) is 22.8. The van der Waals surface area contributed by atoms with Crippen LogP contribution in [0.2, 0.25) is 0 Å². The van der Waals surface area contributed by atoms with E-state index in [-0.39, 0.29) is 22.3 Å². The van der Waals surface area contributed by atoms with Crippen LogP contribution in [0.15, 0.2) is 48.8 Å². The van der Waals surface area contributed by atoms with Crippen molar-refractivity contribution in [1.29, 1.82) is 0 Å². The summed E-state index contributed by atoms with van der Waals surface area (Å²) in [5.41, 5.74) is 0.151. The van der Waals surface area contributed by atoms with Crippen molar-refractivity contribution >= 4 is 16.8 Å². The molecule has 5 rings (SSSR count). The molecule has 0 unspecified atom stereocenters. The summed E-state index contributed by atoms with van der Waals surface area (Å²) in [6.07, 6.45) is 2.91. The van der Waals surface area contributed by atoms with Crippen LogP contribution in [0.3, 0.4) is 0 Å². The highest BCUT2D eigenvalue weighted by Gasteiger charge is 2.29. The van der Waals surface area contributed by atoms with Crippen LogP contribution in [0.4, 0.5) is 13.2 Å². The topological polar surface area (TPSA) is 51.0 Å². The lowest BCUT2D eigenvalue weighted by Gasteiger charge is -2.17. The third-order valence-corrected chi connectivity index (χ3v) is 5.03. The monoisotopic (exact) mass is 410 g/mol. The van der Waals surface area contributed by atoms with Crippen LogP contribution in [-0.2, 0) is 20.1 Å². The number of fused-ring (bicyclic) bond motifs is 2. The molecular weight excluding hydrogens is 393 g/mol. The molecule has 0 aliphatic carbocycles. The van der Waals surface area contributed by atoms with Gasteiger partial charge in [0.05, 0.1) is 27.0 Å². The quantitative estimate of drug-likeness (QED) is 0.509. The molecular formula is C22H15F3N4O. The van der Waals surface area contributed by atoms with Gasteiger partial charge < -0.3 is 4.90 Å². The summed E-state index contributed by atoms with van der Waals surface area (Å²) in [5.74, 6) is -3.15. The highest BCUT2D eigenvalue weighted by atomic mass is 19.1. The van der Waals surface area contributed by atoms with E-state index >= 15 is 8.78 Å². The van der Waals surface area contributed by atoms with Crippen molar-refractivity contribution in [2.24, 2.45) is 7.05 Å². The van der Waals surface area contributed by atoms with Crippen LogP contribution < -0.4 is 0 Å². The normalized spacial score (nSPS) is 16.0. The lowest BCUT2D eigenvalue weighted by Crippen LogP contribution is -2.24. The maximum Gasteiger partial charge on any atom is 0.256 e. The minimum absolute atomic E-state index is 0.0558. The van der Waals surface area contributed by atoms with E-state index in [1.54, 1.807) is 13.2 Å². The van der Waals surface area contributed by atoms with Crippen LogP contribution >= 0.6 is 0 Å². The van der Waals surface area contributed by atoms with E-state index in [9.17, 15) is 9.18 Å². The van der Waals surface area contributed by atoms with Crippen molar-refractivity contribution in [3.05, 3.63) is 83.1 Å². The van der Waals surface area contributed by atoms with Crippen molar-refractivity contribution in [2.75, 3.05) is 0 Å². The van der Waals surface area contributed by atoms with E-state index in [1.165, 1.54) is 35.1 Å². The number of rotatable bonds is 3. The van der Waals surface area contributed by atoms with Gasteiger partial charge in [-0.1, -0.05) is 6.07 Å². The van der Waals surface area contributed by atoms with Gasteiger partial charge in [0.15, 0.2) is 5.82 Å². The molecule has 0 saturated carbocycles. The van der Waals surface area contributed by atoms with Gasteiger partial charge >= 0.3 is 0 Å². The van der Waals surface area contributed by atoms with Crippen LogP contribution in [0.1, 0.15) is 24.4 Å². The molecule has 150 valence electrons. The highest BCUT2D eigenvalue weighted by molar-refractivity contribution is 5.97. The first kappa shape index (κ1) is 16.2. The first-order chi connectivity index (χ1) is 15.2. The maximum absolute atomic E-state index is 15.0. The standard InChI is InChI=1S/C22H15F3N4O/c1-28-9-15-13(4-5-17(23)21(15)27-28)12-7-18(24)16(19(25)8-12)10-29-11-20-14(22(29)30)3-2-6-26-20/h2-9H,10-11H2,1H3/i11D2. The van der Waals surface area contributed by atoms with E-state index in [0.717, 1.165) is 17.0 Å². The van der Waals surface area contributed by atoms with E-state index in [4.69, 9.17) is 2.74 Å². The number of aromatic nitrogens is 3. The van der Waals surface area contributed by atoms with Crippen molar-refractivity contribution in [3.63, 3.8) is 0 Å². The van der Waals surface area contributed by atoms with Gasteiger partial charge in [0, 0.05) is 30.4 Å². The van der Waals surface area contributed by atoms with Gasteiger partial charge in [-0.05, 0) is 41.5 Å². The number of carbonyl (C=O) groups is 1. The Morgan fingerprint density at radius 3 is 2.60 bits per heavy atom. The molecule has 0 bridgehead atoms. The van der Waals surface area contributed by atoms with Crippen LogP contribution in [0, 0.1) is 17.5 Å². The van der Waals surface area contributed by atoms with Gasteiger partial charge in [0.2, 0.25) is 0 Å². The van der Waals surface area contributed by atoms with Crippen LogP contribution in [-0.4, -0.2) is 25.6 Å². The summed E-state index contributed by atoms with van der Waals surface area (Å²) in [6.45, 7) is -2.93. The van der Waals surface area contributed by atoms with E-state index in [1.807, 2.05) is 0 Å². The Balaban J connectivity index is 1.55. The number of hydrogen-bond acceptors (Lipinski definition) is 3. The fourth-order valence-electron chi connectivity index (χ4n) is 3.61. The van der Waals surface area contributed by atoms with E-state index in [2.05, 4.69) is 10.1 Å². The lowest BCUT2D eigenvalue weighted by molar-refractivity contribution is 0.0763. The van der Waals surface area contributed by atoms with Crippen molar-refractivity contribution in [3.8, 4) is 11.1 Å². The zero-order valence-corrected chi connectivity index (χ0v) is 15.7. The smallest absolute Gasteiger partial charge is 0.256 e.